The van der Waals surface area contributed by atoms with Crippen LogP contribution < -0.4 is 0 Å². The Balaban J connectivity index is 2.69. The molecular formula is C16H29NO3. The van der Waals surface area contributed by atoms with Gasteiger partial charge in [-0.05, 0) is 24.2 Å². The molecule has 4 nitrogen and oxygen atoms in total. The Morgan fingerprint density at radius 2 is 1.75 bits per heavy atom. The molecule has 0 aliphatic heterocycles. The first-order valence-electron chi connectivity index (χ1n) is 7.72. The molecule has 0 bridgehead atoms. The zero-order chi connectivity index (χ0) is 15.3. The van der Waals surface area contributed by atoms with E-state index in [-0.39, 0.29) is 12.3 Å². The van der Waals surface area contributed by atoms with E-state index in [0.717, 1.165) is 19.4 Å². The molecule has 1 aliphatic carbocycles. The van der Waals surface area contributed by atoms with Crippen molar-refractivity contribution in [2.24, 2.45) is 11.3 Å². The zero-order valence-corrected chi connectivity index (χ0v) is 13.3. The lowest BCUT2D eigenvalue weighted by Gasteiger charge is -2.33. The number of carboxylic acid groups (broad SMARTS) is 1. The third kappa shape index (κ3) is 5.51. The van der Waals surface area contributed by atoms with Gasteiger partial charge in [0.15, 0.2) is 0 Å². The van der Waals surface area contributed by atoms with E-state index in [1.165, 1.54) is 12.8 Å². The normalized spacial score (nSPS) is 16.6. The van der Waals surface area contributed by atoms with Crippen LogP contribution in [0.2, 0.25) is 0 Å². The van der Waals surface area contributed by atoms with Crippen LogP contribution in [0, 0.1) is 11.3 Å². The van der Waals surface area contributed by atoms with Gasteiger partial charge in [0, 0.05) is 19.0 Å². The molecule has 0 spiro atoms. The second-order valence-corrected chi connectivity index (χ2v) is 7.29. The van der Waals surface area contributed by atoms with Gasteiger partial charge in [0.1, 0.15) is 0 Å². The number of carbonyl (C=O) groups is 2. The Morgan fingerprint density at radius 3 is 2.20 bits per heavy atom. The quantitative estimate of drug-likeness (QED) is 0.780. The van der Waals surface area contributed by atoms with Crippen LogP contribution in [0.5, 0.6) is 0 Å². The molecule has 0 radical (unpaired) electrons. The summed E-state index contributed by atoms with van der Waals surface area (Å²) in [6.45, 7) is 8.75. The average Bonchev–Trinajstić information content (AvgIpc) is 2.75. The van der Waals surface area contributed by atoms with Gasteiger partial charge in [0.25, 0.3) is 0 Å². The minimum atomic E-state index is -0.834. The van der Waals surface area contributed by atoms with Crippen molar-refractivity contribution in [1.82, 2.24) is 4.90 Å². The maximum atomic E-state index is 12.6. The molecule has 4 heteroatoms. The summed E-state index contributed by atoms with van der Waals surface area (Å²) in [6.07, 6.45) is 4.95. The number of carbonyl (C=O) groups excluding carboxylic acids is 1. The molecule has 0 atom stereocenters. The molecule has 1 aliphatic rings. The van der Waals surface area contributed by atoms with Gasteiger partial charge in [-0.3, -0.25) is 9.59 Å². The van der Waals surface area contributed by atoms with Crippen molar-refractivity contribution >= 4 is 11.9 Å². The lowest BCUT2D eigenvalue weighted by Crippen LogP contribution is -2.43. The lowest BCUT2D eigenvalue weighted by molar-refractivity contribution is -0.141. The summed E-state index contributed by atoms with van der Waals surface area (Å²) >= 11 is 0. The highest BCUT2D eigenvalue weighted by Gasteiger charge is 2.32. The monoisotopic (exact) mass is 283 g/mol. The Kier molecular flexibility index (Phi) is 6.03. The van der Waals surface area contributed by atoms with Gasteiger partial charge in [-0.15, -0.1) is 0 Å². The van der Waals surface area contributed by atoms with E-state index in [9.17, 15) is 9.59 Å². The van der Waals surface area contributed by atoms with E-state index in [1.54, 1.807) is 0 Å². The Labute approximate surface area is 122 Å². The van der Waals surface area contributed by atoms with Crippen LogP contribution in [0.4, 0.5) is 0 Å². The third-order valence-electron chi connectivity index (χ3n) is 3.91. The number of nitrogens with zero attached hydrogens (tertiary/aromatic N) is 1. The van der Waals surface area contributed by atoms with E-state index >= 15 is 0 Å². The lowest BCUT2D eigenvalue weighted by atomic mass is 9.85. The molecule has 0 aromatic rings. The molecule has 1 N–H and O–H groups in total. The van der Waals surface area contributed by atoms with Gasteiger partial charge in [-0.2, -0.15) is 0 Å². The first kappa shape index (κ1) is 17.0. The highest BCUT2D eigenvalue weighted by Crippen LogP contribution is 2.30. The second-order valence-electron chi connectivity index (χ2n) is 7.29. The summed E-state index contributed by atoms with van der Waals surface area (Å²) in [5, 5.41) is 8.93. The maximum absolute atomic E-state index is 12.6. The van der Waals surface area contributed by atoms with Gasteiger partial charge in [-0.1, -0.05) is 40.5 Å². The highest BCUT2D eigenvalue weighted by atomic mass is 16.4. The fourth-order valence-electron chi connectivity index (χ4n) is 3.05. The minimum Gasteiger partial charge on any atom is -0.481 e. The number of carboxylic acids is 1. The molecule has 0 unspecified atom stereocenters. The van der Waals surface area contributed by atoms with Crippen LogP contribution in [0.3, 0.4) is 0 Å². The van der Waals surface area contributed by atoms with E-state index in [2.05, 4.69) is 13.8 Å². The van der Waals surface area contributed by atoms with Crippen LogP contribution in [0.25, 0.3) is 0 Å². The van der Waals surface area contributed by atoms with Crippen LogP contribution in [-0.2, 0) is 9.59 Å². The van der Waals surface area contributed by atoms with Crippen LogP contribution in [0.1, 0.15) is 66.2 Å². The van der Waals surface area contributed by atoms with Crippen molar-refractivity contribution in [3.8, 4) is 0 Å². The Hall–Kier alpha value is -1.06. The van der Waals surface area contributed by atoms with Crippen molar-refractivity contribution in [3.63, 3.8) is 0 Å². The van der Waals surface area contributed by atoms with Gasteiger partial charge in [0.05, 0.1) is 6.42 Å². The highest BCUT2D eigenvalue weighted by molar-refractivity contribution is 5.78. The van der Waals surface area contributed by atoms with Gasteiger partial charge in [0.2, 0.25) is 5.91 Å². The molecule has 0 heterocycles. The molecule has 116 valence electrons. The predicted octanol–water partition coefficient (Wildman–Crippen LogP) is 3.30. The summed E-state index contributed by atoms with van der Waals surface area (Å²) in [6, 6.07) is 0.366. The summed E-state index contributed by atoms with van der Waals surface area (Å²) in [5.41, 5.74) is -0.475. The molecule has 0 saturated heterocycles. The van der Waals surface area contributed by atoms with Gasteiger partial charge >= 0.3 is 5.97 Å². The molecule has 1 saturated carbocycles. The van der Waals surface area contributed by atoms with Crippen molar-refractivity contribution in [2.75, 3.05) is 6.54 Å². The van der Waals surface area contributed by atoms with Crippen molar-refractivity contribution in [1.29, 1.82) is 0 Å². The summed E-state index contributed by atoms with van der Waals surface area (Å²) in [5.74, 6) is -0.266. The third-order valence-corrected chi connectivity index (χ3v) is 3.91. The molecule has 1 amide bonds. The van der Waals surface area contributed by atoms with Crippen molar-refractivity contribution in [3.05, 3.63) is 0 Å². The summed E-state index contributed by atoms with van der Waals surface area (Å²) in [7, 11) is 0. The van der Waals surface area contributed by atoms with Crippen LogP contribution in [-0.4, -0.2) is 34.5 Å². The largest absolute Gasteiger partial charge is 0.481 e. The van der Waals surface area contributed by atoms with E-state index in [1.807, 2.05) is 18.7 Å². The molecule has 1 rings (SSSR count). The standard InChI is InChI=1S/C16H29NO3/c1-12(2)11-17(13-7-5-6-8-13)14(18)9-16(3,4)10-15(19)20/h12-13H,5-11H2,1-4H3,(H,19,20). The zero-order valence-electron chi connectivity index (χ0n) is 13.3. The number of aliphatic carboxylic acids is 1. The fraction of sp³-hybridized carbons (Fsp3) is 0.875. The fourth-order valence-corrected chi connectivity index (χ4v) is 3.05. The van der Waals surface area contributed by atoms with E-state index in [0.29, 0.717) is 18.4 Å². The summed E-state index contributed by atoms with van der Waals surface area (Å²) < 4.78 is 0. The average molecular weight is 283 g/mol. The van der Waals surface area contributed by atoms with Crippen LogP contribution >= 0.6 is 0 Å². The van der Waals surface area contributed by atoms with Gasteiger partial charge in [-0.25, -0.2) is 0 Å². The van der Waals surface area contributed by atoms with E-state index < -0.39 is 11.4 Å². The van der Waals surface area contributed by atoms with Gasteiger partial charge < -0.3 is 10.0 Å². The number of rotatable bonds is 7. The Morgan fingerprint density at radius 1 is 1.20 bits per heavy atom. The molecule has 0 aromatic heterocycles. The first-order valence-corrected chi connectivity index (χ1v) is 7.72. The van der Waals surface area contributed by atoms with Crippen molar-refractivity contribution in [2.45, 2.75) is 72.3 Å². The van der Waals surface area contributed by atoms with Crippen LogP contribution in [0.15, 0.2) is 0 Å². The molecule has 0 aromatic carbocycles. The number of hydrogen-bond acceptors (Lipinski definition) is 2. The second kappa shape index (κ2) is 7.09. The number of amides is 1. The molecule has 20 heavy (non-hydrogen) atoms. The smallest absolute Gasteiger partial charge is 0.303 e. The summed E-state index contributed by atoms with van der Waals surface area (Å²) in [4.78, 5) is 25.5. The molecule has 1 fully saturated rings. The molecular weight excluding hydrogens is 254 g/mol. The number of hydrogen-bond donors (Lipinski definition) is 1. The van der Waals surface area contributed by atoms with E-state index in [4.69, 9.17) is 5.11 Å². The maximum Gasteiger partial charge on any atom is 0.303 e. The Bertz CT molecular complexity index is 344. The van der Waals surface area contributed by atoms with Crippen molar-refractivity contribution < 1.29 is 14.7 Å². The first-order chi connectivity index (χ1) is 9.21. The SMILES string of the molecule is CC(C)CN(C(=O)CC(C)(C)CC(=O)O)C1CCCC1. The topological polar surface area (TPSA) is 57.6 Å². The predicted molar refractivity (Wildman–Crippen MR) is 79.5 cm³/mol. The minimum absolute atomic E-state index is 0.0406.